The van der Waals surface area contributed by atoms with Crippen molar-refractivity contribution in [2.24, 2.45) is 0 Å². The van der Waals surface area contributed by atoms with Crippen LogP contribution in [0.1, 0.15) is 29.8 Å². The van der Waals surface area contributed by atoms with E-state index >= 15 is 0 Å². The third-order valence-electron chi connectivity index (χ3n) is 3.75. The predicted molar refractivity (Wildman–Crippen MR) is 95.7 cm³/mol. The van der Waals surface area contributed by atoms with E-state index in [2.05, 4.69) is 4.72 Å². The number of hydrogen-bond acceptors (Lipinski definition) is 3. The number of aryl methyl sites for hydroxylation is 1. The highest BCUT2D eigenvalue weighted by Crippen LogP contribution is 2.18. The normalized spacial score (nSPS) is 11.1. The highest BCUT2D eigenvalue weighted by molar-refractivity contribution is 7.92. The van der Waals surface area contributed by atoms with Crippen LogP contribution in [0.3, 0.4) is 0 Å². The Balaban J connectivity index is 2.29. The molecule has 0 heterocycles. The van der Waals surface area contributed by atoms with Crippen LogP contribution in [0.4, 0.5) is 5.69 Å². The number of anilines is 1. The van der Waals surface area contributed by atoms with Crippen molar-refractivity contribution in [1.29, 1.82) is 0 Å². The van der Waals surface area contributed by atoms with Gasteiger partial charge in [-0.15, -0.1) is 0 Å². The van der Waals surface area contributed by atoms with Gasteiger partial charge in [-0.1, -0.05) is 23.8 Å². The zero-order valence-corrected chi connectivity index (χ0v) is 14.9. The van der Waals surface area contributed by atoms with Crippen LogP contribution >= 0.6 is 0 Å². The van der Waals surface area contributed by atoms with Gasteiger partial charge in [0.05, 0.1) is 4.90 Å². The molecular formula is C18H22N2O3S. The summed E-state index contributed by atoms with van der Waals surface area (Å²) >= 11 is 0. The predicted octanol–water partition coefficient (Wildman–Crippen LogP) is 3.28. The van der Waals surface area contributed by atoms with Gasteiger partial charge >= 0.3 is 0 Å². The van der Waals surface area contributed by atoms with E-state index in [0.717, 1.165) is 5.56 Å². The van der Waals surface area contributed by atoms with Crippen molar-refractivity contribution >= 4 is 21.6 Å². The maximum atomic E-state index is 12.5. The summed E-state index contributed by atoms with van der Waals surface area (Å²) in [4.78, 5) is 14.1. The van der Waals surface area contributed by atoms with Crippen LogP contribution in [0, 0.1) is 6.92 Å². The molecule has 0 bridgehead atoms. The summed E-state index contributed by atoms with van der Waals surface area (Å²) in [6.07, 6.45) is 0. The summed E-state index contributed by atoms with van der Waals surface area (Å²) in [5, 5.41) is 0. The van der Waals surface area contributed by atoms with E-state index < -0.39 is 10.0 Å². The van der Waals surface area contributed by atoms with Gasteiger partial charge in [-0.25, -0.2) is 8.42 Å². The molecule has 0 aliphatic rings. The number of nitrogens with zero attached hydrogens (tertiary/aromatic N) is 1. The van der Waals surface area contributed by atoms with Gasteiger partial charge in [0.15, 0.2) is 0 Å². The lowest BCUT2D eigenvalue weighted by Gasteiger charge is -2.19. The smallest absolute Gasteiger partial charge is 0.261 e. The minimum absolute atomic E-state index is 0.0704. The monoisotopic (exact) mass is 346 g/mol. The van der Waals surface area contributed by atoms with E-state index in [9.17, 15) is 13.2 Å². The minimum atomic E-state index is -3.74. The van der Waals surface area contributed by atoms with Crippen molar-refractivity contribution in [3.63, 3.8) is 0 Å². The van der Waals surface area contributed by atoms with Gasteiger partial charge in [0.2, 0.25) is 0 Å². The van der Waals surface area contributed by atoms with Crippen LogP contribution in [-0.4, -0.2) is 32.3 Å². The molecular weight excluding hydrogens is 324 g/mol. The van der Waals surface area contributed by atoms with E-state index in [-0.39, 0.29) is 10.8 Å². The van der Waals surface area contributed by atoms with Gasteiger partial charge in [-0.05, 0) is 51.1 Å². The molecule has 5 nitrogen and oxygen atoms in total. The molecule has 0 unspecified atom stereocenters. The first-order valence-electron chi connectivity index (χ1n) is 7.86. The van der Waals surface area contributed by atoms with Gasteiger partial charge in [-0.2, -0.15) is 0 Å². The lowest BCUT2D eigenvalue weighted by molar-refractivity contribution is 0.0772. The number of nitrogens with one attached hydrogen (secondary N) is 1. The van der Waals surface area contributed by atoms with Crippen molar-refractivity contribution in [2.45, 2.75) is 25.7 Å². The molecule has 0 atom stereocenters. The molecule has 1 amide bonds. The summed E-state index contributed by atoms with van der Waals surface area (Å²) in [6.45, 7) is 6.87. The Morgan fingerprint density at radius 2 is 1.67 bits per heavy atom. The number of amides is 1. The molecule has 24 heavy (non-hydrogen) atoms. The first kappa shape index (κ1) is 18.0. The fourth-order valence-electron chi connectivity index (χ4n) is 2.33. The van der Waals surface area contributed by atoms with Crippen molar-refractivity contribution in [2.75, 3.05) is 17.8 Å². The molecule has 0 aromatic heterocycles. The molecule has 0 saturated heterocycles. The Morgan fingerprint density at radius 1 is 1.04 bits per heavy atom. The van der Waals surface area contributed by atoms with Crippen LogP contribution in [0.2, 0.25) is 0 Å². The number of hydrogen-bond donors (Lipinski definition) is 1. The van der Waals surface area contributed by atoms with E-state index in [1.807, 2.05) is 32.9 Å². The van der Waals surface area contributed by atoms with Crippen molar-refractivity contribution in [3.8, 4) is 0 Å². The Labute approximate surface area is 143 Å². The third kappa shape index (κ3) is 4.14. The number of carbonyl (C=O) groups excluding carboxylic acids is 1. The Kier molecular flexibility index (Phi) is 5.62. The summed E-state index contributed by atoms with van der Waals surface area (Å²) in [5.41, 5.74) is 1.90. The Bertz CT molecular complexity index is 810. The maximum Gasteiger partial charge on any atom is 0.261 e. The molecule has 0 aliphatic heterocycles. The topological polar surface area (TPSA) is 66.5 Å². The quantitative estimate of drug-likeness (QED) is 0.873. The van der Waals surface area contributed by atoms with Gasteiger partial charge in [0.25, 0.3) is 15.9 Å². The van der Waals surface area contributed by atoms with Crippen LogP contribution in [0.15, 0.2) is 53.4 Å². The van der Waals surface area contributed by atoms with Crippen molar-refractivity contribution in [1.82, 2.24) is 4.90 Å². The molecule has 0 aliphatic carbocycles. The molecule has 0 saturated carbocycles. The average Bonchev–Trinajstić information content (AvgIpc) is 2.58. The molecule has 2 aromatic rings. The maximum absolute atomic E-state index is 12.5. The molecule has 2 rings (SSSR count). The van der Waals surface area contributed by atoms with E-state index in [0.29, 0.717) is 24.3 Å². The van der Waals surface area contributed by atoms with Gasteiger partial charge < -0.3 is 4.90 Å². The summed E-state index contributed by atoms with van der Waals surface area (Å²) in [7, 11) is -3.74. The largest absolute Gasteiger partial charge is 0.339 e. The molecule has 2 aromatic carbocycles. The van der Waals surface area contributed by atoms with Crippen molar-refractivity contribution < 1.29 is 13.2 Å². The second kappa shape index (κ2) is 7.49. The van der Waals surface area contributed by atoms with E-state index in [1.54, 1.807) is 29.2 Å². The number of rotatable bonds is 6. The van der Waals surface area contributed by atoms with E-state index in [1.165, 1.54) is 12.1 Å². The molecule has 6 heteroatoms. The number of carbonyl (C=O) groups is 1. The third-order valence-corrected chi connectivity index (χ3v) is 5.12. The SMILES string of the molecule is CCN(CC)C(=O)c1cccc(S(=O)(=O)Nc2ccc(C)cc2)c1. The molecule has 128 valence electrons. The zero-order valence-electron chi connectivity index (χ0n) is 14.1. The van der Waals surface area contributed by atoms with Crippen LogP contribution in [-0.2, 0) is 10.0 Å². The van der Waals surface area contributed by atoms with Crippen molar-refractivity contribution in [3.05, 3.63) is 59.7 Å². The lowest BCUT2D eigenvalue weighted by Crippen LogP contribution is -2.30. The average molecular weight is 346 g/mol. The summed E-state index contributed by atoms with van der Waals surface area (Å²) < 4.78 is 27.6. The first-order chi connectivity index (χ1) is 11.4. The van der Waals surface area contributed by atoms with Gasteiger partial charge in [0.1, 0.15) is 0 Å². The molecule has 1 N–H and O–H groups in total. The zero-order chi connectivity index (χ0) is 17.7. The number of benzene rings is 2. The van der Waals surface area contributed by atoms with E-state index in [4.69, 9.17) is 0 Å². The standard InChI is InChI=1S/C18H22N2O3S/c1-4-20(5-2)18(21)15-7-6-8-17(13-15)24(22,23)19-16-11-9-14(3)10-12-16/h6-13,19H,4-5H2,1-3H3. The Hall–Kier alpha value is -2.34. The second-order valence-electron chi connectivity index (χ2n) is 5.48. The molecule has 0 fully saturated rings. The fraction of sp³-hybridized carbons (Fsp3) is 0.278. The minimum Gasteiger partial charge on any atom is -0.339 e. The first-order valence-corrected chi connectivity index (χ1v) is 9.34. The summed E-state index contributed by atoms with van der Waals surface area (Å²) in [6, 6.07) is 13.2. The van der Waals surface area contributed by atoms with Gasteiger partial charge in [0, 0.05) is 24.3 Å². The van der Waals surface area contributed by atoms with Crippen LogP contribution in [0.5, 0.6) is 0 Å². The second-order valence-corrected chi connectivity index (χ2v) is 7.16. The molecule has 0 spiro atoms. The molecule has 0 radical (unpaired) electrons. The van der Waals surface area contributed by atoms with Crippen LogP contribution in [0.25, 0.3) is 0 Å². The lowest BCUT2D eigenvalue weighted by atomic mass is 10.2. The highest BCUT2D eigenvalue weighted by Gasteiger charge is 2.18. The van der Waals surface area contributed by atoms with Crippen LogP contribution < -0.4 is 4.72 Å². The Morgan fingerprint density at radius 3 is 2.25 bits per heavy atom. The highest BCUT2D eigenvalue weighted by atomic mass is 32.2. The van der Waals surface area contributed by atoms with Gasteiger partial charge in [-0.3, -0.25) is 9.52 Å². The fourth-order valence-corrected chi connectivity index (χ4v) is 3.43. The summed E-state index contributed by atoms with van der Waals surface area (Å²) in [5.74, 6) is -0.174. The number of sulfonamides is 1.